The van der Waals surface area contributed by atoms with Crippen LogP contribution in [0.5, 0.6) is 5.75 Å². The lowest BCUT2D eigenvalue weighted by atomic mass is 10.0. The van der Waals surface area contributed by atoms with E-state index in [0.717, 1.165) is 9.80 Å². The molecule has 238 valence electrons. The van der Waals surface area contributed by atoms with Gasteiger partial charge in [-0.2, -0.15) is 0 Å². The summed E-state index contributed by atoms with van der Waals surface area (Å²) >= 11 is 2.44. The van der Waals surface area contributed by atoms with Gasteiger partial charge in [-0.3, -0.25) is 24.1 Å². The highest BCUT2D eigenvalue weighted by molar-refractivity contribution is 8.01. The molecular weight excluding hydrogens is 634 g/mol. The minimum Gasteiger partial charge on any atom is -0.508 e. The maximum Gasteiger partial charge on any atom is 0.352 e. The number of carboxylic acids is 1. The van der Waals surface area contributed by atoms with Crippen molar-refractivity contribution in [2.45, 2.75) is 35.8 Å². The summed E-state index contributed by atoms with van der Waals surface area (Å²) in [6, 6.07) is 1.20. The van der Waals surface area contributed by atoms with Gasteiger partial charge in [0.1, 0.15) is 28.9 Å². The van der Waals surface area contributed by atoms with Gasteiger partial charge in [0, 0.05) is 25.1 Å². The van der Waals surface area contributed by atoms with E-state index in [0.29, 0.717) is 15.6 Å². The molecule has 18 nitrogen and oxygen atoms in total. The highest BCUT2D eigenvalue weighted by atomic mass is 32.2. The summed E-state index contributed by atoms with van der Waals surface area (Å²) < 4.78 is 1.42. The molecule has 1 aromatic carbocycles. The SMILES string of the molecule is CCN1CC(O)N(C(=O)N[C@@H](C(=O)N[C@@H]2C(=O)N3C(C(=O)O)=C(CSc4nnnn4C)CS[C@H]23)c2ccc(O)cc2)C(=O)C1=O. The van der Waals surface area contributed by atoms with Crippen molar-refractivity contribution in [1.29, 1.82) is 0 Å². The van der Waals surface area contributed by atoms with Gasteiger partial charge in [-0.1, -0.05) is 23.9 Å². The molecule has 0 bridgehead atoms. The minimum atomic E-state index is -1.68. The Labute approximate surface area is 262 Å². The first kappa shape index (κ1) is 31.7. The number of hydrogen-bond donors (Lipinski definition) is 5. The number of aliphatic hydroxyl groups excluding tert-OH is 1. The van der Waals surface area contributed by atoms with Crippen LogP contribution in [-0.2, 0) is 31.0 Å². The Morgan fingerprint density at radius 1 is 1.16 bits per heavy atom. The van der Waals surface area contributed by atoms with Crippen LogP contribution in [0, 0.1) is 0 Å². The van der Waals surface area contributed by atoms with E-state index >= 15 is 0 Å². The number of benzene rings is 1. The number of rotatable bonds is 9. The number of nitrogens with one attached hydrogen (secondary N) is 2. The fraction of sp³-hybridized carbons (Fsp3) is 0.400. The topological polar surface area (TPSA) is 240 Å². The van der Waals surface area contributed by atoms with Crippen molar-refractivity contribution in [3.8, 4) is 5.75 Å². The van der Waals surface area contributed by atoms with Gasteiger partial charge < -0.3 is 30.9 Å². The highest BCUT2D eigenvalue weighted by Gasteiger charge is 2.54. The number of tetrazole rings is 1. The van der Waals surface area contributed by atoms with E-state index in [9.17, 15) is 44.1 Å². The van der Waals surface area contributed by atoms with Crippen molar-refractivity contribution in [1.82, 2.24) is 45.5 Å². The molecule has 3 aliphatic heterocycles. The molecule has 1 aromatic heterocycles. The summed E-state index contributed by atoms with van der Waals surface area (Å²) in [6.45, 7) is 1.39. The van der Waals surface area contributed by atoms with Crippen LogP contribution >= 0.6 is 23.5 Å². The summed E-state index contributed by atoms with van der Waals surface area (Å²) in [5.41, 5.74) is 0.399. The first-order valence-electron chi connectivity index (χ1n) is 13.4. The average molecular weight is 662 g/mol. The van der Waals surface area contributed by atoms with Crippen LogP contribution in [0.4, 0.5) is 4.79 Å². The third-order valence-electron chi connectivity index (χ3n) is 7.23. The standard InChI is InChI=1S/C25H27N9O9S2/c1-3-32-8-14(36)33(21(40)20(32)39)24(43)27-15(11-4-6-13(35)7-5-11)18(37)26-16-19(38)34-17(23(41)42)12(9-44-22(16)34)10-45-25-28-29-30-31(25)2/h4-7,14-16,22,35-36H,3,8-10H2,1-2H3,(H,26,37)(H,27,43)(H,41,42)/t14?,15-,16-,22-/m1/s1. The van der Waals surface area contributed by atoms with Gasteiger partial charge in [0.15, 0.2) is 6.23 Å². The number of thioether (sulfide) groups is 2. The summed E-state index contributed by atoms with van der Waals surface area (Å²) in [5, 5.41) is 45.8. The zero-order valence-corrected chi connectivity index (χ0v) is 25.3. The number of aliphatic hydroxyl groups is 1. The maximum atomic E-state index is 13.6. The molecule has 45 heavy (non-hydrogen) atoms. The number of phenolic OH excluding ortho intramolecular Hbond substituents is 1. The smallest absolute Gasteiger partial charge is 0.352 e. The second kappa shape index (κ2) is 12.7. The van der Waals surface area contributed by atoms with Crippen LogP contribution in [0.1, 0.15) is 18.5 Å². The lowest BCUT2D eigenvalue weighted by Crippen LogP contribution is -2.71. The first-order chi connectivity index (χ1) is 21.4. The van der Waals surface area contributed by atoms with Crippen molar-refractivity contribution in [2.75, 3.05) is 24.6 Å². The molecule has 20 heteroatoms. The van der Waals surface area contributed by atoms with Crippen LogP contribution in [0.15, 0.2) is 40.7 Å². The summed E-state index contributed by atoms with van der Waals surface area (Å²) in [5.74, 6) is -4.92. The molecule has 3 aliphatic rings. The summed E-state index contributed by atoms with van der Waals surface area (Å²) in [4.78, 5) is 79.6. The van der Waals surface area contributed by atoms with E-state index in [1.54, 1.807) is 14.0 Å². The number of carbonyl (C=O) groups is 6. The van der Waals surface area contributed by atoms with Crippen LogP contribution in [0.25, 0.3) is 0 Å². The second-order valence-corrected chi connectivity index (χ2v) is 12.0. The molecule has 2 fully saturated rings. The van der Waals surface area contributed by atoms with Crippen LogP contribution < -0.4 is 10.6 Å². The molecule has 5 N–H and O–H groups in total. The fourth-order valence-electron chi connectivity index (χ4n) is 4.92. The minimum absolute atomic E-state index is 0.124. The molecule has 4 atom stereocenters. The summed E-state index contributed by atoms with van der Waals surface area (Å²) in [6.07, 6.45) is -1.68. The van der Waals surface area contributed by atoms with E-state index in [2.05, 4.69) is 26.2 Å². The predicted octanol–water partition coefficient (Wildman–Crippen LogP) is -1.79. The van der Waals surface area contributed by atoms with Crippen molar-refractivity contribution in [3.63, 3.8) is 0 Å². The number of carbonyl (C=O) groups excluding carboxylic acids is 5. The van der Waals surface area contributed by atoms with Crippen molar-refractivity contribution in [2.24, 2.45) is 7.05 Å². The maximum absolute atomic E-state index is 13.6. The zero-order valence-electron chi connectivity index (χ0n) is 23.7. The molecule has 2 aromatic rings. The Kier molecular flexibility index (Phi) is 8.98. The Morgan fingerprint density at radius 2 is 1.87 bits per heavy atom. The number of amides is 6. The van der Waals surface area contributed by atoms with Gasteiger partial charge in [-0.25, -0.2) is 19.2 Å². The lowest BCUT2D eigenvalue weighted by molar-refractivity contribution is -0.163. The number of carboxylic acid groups (broad SMARTS) is 1. The molecule has 0 saturated carbocycles. The van der Waals surface area contributed by atoms with Gasteiger partial charge in [-0.05, 0) is 40.6 Å². The van der Waals surface area contributed by atoms with E-state index in [4.69, 9.17) is 0 Å². The normalized spacial score (nSPS) is 22.2. The molecule has 0 aliphatic carbocycles. The molecule has 2 saturated heterocycles. The van der Waals surface area contributed by atoms with Crippen LogP contribution in [-0.4, -0.2) is 128 Å². The number of urea groups is 1. The monoisotopic (exact) mass is 661 g/mol. The number of aryl methyl sites for hydroxylation is 1. The predicted molar refractivity (Wildman–Crippen MR) is 154 cm³/mol. The summed E-state index contributed by atoms with van der Waals surface area (Å²) in [7, 11) is 1.63. The number of hydrogen-bond acceptors (Lipinski definition) is 13. The Balaban J connectivity index is 1.33. The molecule has 0 spiro atoms. The van der Waals surface area contributed by atoms with Crippen molar-refractivity contribution in [3.05, 3.63) is 41.1 Å². The molecule has 1 unspecified atom stereocenters. The Bertz CT molecular complexity index is 1600. The number of fused-ring (bicyclic) bond motifs is 1. The van der Waals surface area contributed by atoms with E-state index < -0.39 is 59.3 Å². The van der Waals surface area contributed by atoms with Gasteiger partial charge in [0.05, 0.1) is 6.54 Å². The molecule has 5 rings (SSSR count). The van der Waals surface area contributed by atoms with Crippen molar-refractivity contribution < 1.29 is 44.1 Å². The molecular formula is C25H27N9O9S2. The quantitative estimate of drug-likeness (QED) is 0.113. The number of aromatic hydroxyl groups is 1. The number of likely N-dealkylation sites (N-methyl/N-ethyl adjacent to an activating group) is 1. The average Bonchev–Trinajstić information content (AvgIpc) is 3.43. The Hall–Kier alpha value is -4.69. The molecule has 0 radical (unpaired) electrons. The van der Waals surface area contributed by atoms with Gasteiger partial charge in [-0.15, -0.1) is 16.9 Å². The first-order valence-corrected chi connectivity index (χ1v) is 15.4. The molecule has 4 heterocycles. The van der Waals surface area contributed by atoms with Gasteiger partial charge >= 0.3 is 23.8 Å². The van der Waals surface area contributed by atoms with Gasteiger partial charge in [0.2, 0.25) is 11.1 Å². The van der Waals surface area contributed by atoms with Crippen molar-refractivity contribution >= 4 is 59.2 Å². The number of piperazine rings is 1. The largest absolute Gasteiger partial charge is 0.508 e. The number of nitrogens with zero attached hydrogens (tertiary/aromatic N) is 7. The van der Waals surface area contributed by atoms with E-state index in [1.165, 1.54) is 52.5 Å². The zero-order chi connectivity index (χ0) is 32.6. The fourth-order valence-corrected chi connectivity index (χ4v) is 7.26. The third kappa shape index (κ3) is 6.02. The number of β-lactam (4-membered cyclic amide) rings is 1. The number of β-amino-alcohol motifs (C(OH)–C–C–N with tert-alkyl or cyclic N) is 1. The van der Waals surface area contributed by atoms with Gasteiger partial charge in [0.25, 0.3) is 5.91 Å². The van der Waals surface area contributed by atoms with Crippen LogP contribution in [0.2, 0.25) is 0 Å². The molecule has 6 amide bonds. The van der Waals surface area contributed by atoms with E-state index in [-0.39, 0.29) is 41.6 Å². The highest BCUT2D eigenvalue weighted by Crippen LogP contribution is 2.41. The third-order valence-corrected chi connectivity index (χ3v) is 9.67. The van der Waals surface area contributed by atoms with Crippen LogP contribution in [0.3, 0.4) is 0 Å². The number of aliphatic carboxylic acids is 1. The Morgan fingerprint density at radius 3 is 2.49 bits per heavy atom. The number of aromatic nitrogens is 4. The lowest BCUT2D eigenvalue weighted by Gasteiger charge is -2.49. The van der Waals surface area contributed by atoms with E-state index in [1.807, 2.05) is 0 Å². The number of imide groups is 1. The second-order valence-electron chi connectivity index (χ2n) is 10.0. The number of phenols is 1.